The number of halogens is 1. The lowest BCUT2D eigenvalue weighted by Crippen LogP contribution is -2.43. The number of hydrogen-bond acceptors (Lipinski definition) is 2. The van der Waals surface area contributed by atoms with Crippen molar-refractivity contribution in [1.82, 2.24) is 10.2 Å². The zero-order chi connectivity index (χ0) is 14.1. The number of piperidine rings is 1. The maximum atomic E-state index is 6.18. The maximum Gasteiger partial charge on any atom is 0.0409 e. The smallest absolute Gasteiger partial charge is 0.0409 e. The lowest BCUT2D eigenvalue weighted by molar-refractivity contribution is 0.113. The first-order chi connectivity index (χ1) is 9.69. The van der Waals surface area contributed by atoms with Gasteiger partial charge in [0.25, 0.3) is 0 Å². The van der Waals surface area contributed by atoms with E-state index in [2.05, 4.69) is 42.4 Å². The van der Waals surface area contributed by atoms with E-state index in [1.807, 2.05) is 6.07 Å². The minimum absolute atomic E-state index is 0.454. The molecule has 110 valence electrons. The van der Waals surface area contributed by atoms with Crippen LogP contribution in [-0.4, -0.2) is 30.6 Å². The van der Waals surface area contributed by atoms with Crippen LogP contribution >= 0.6 is 11.6 Å². The molecule has 0 radical (unpaired) electrons. The van der Waals surface area contributed by atoms with Crippen molar-refractivity contribution < 1.29 is 0 Å². The second-order valence-corrected chi connectivity index (χ2v) is 6.81. The highest BCUT2D eigenvalue weighted by Crippen LogP contribution is 2.42. The summed E-state index contributed by atoms with van der Waals surface area (Å²) in [5, 5.41) is 4.55. The fraction of sp³-hybridized carbons (Fsp3) is 0.647. The summed E-state index contributed by atoms with van der Waals surface area (Å²) in [6, 6.07) is 10.4. The van der Waals surface area contributed by atoms with Crippen LogP contribution in [0.2, 0.25) is 5.02 Å². The van der Waals surface area contributed by atoms with Crippen molar-refractivity contribution in [2.24, 2.45) is 5.92 Å². The molecule has 1 N–H and O–H groups in total. The van der Waals surface area contributed by atoms with E-state index in [-0.39, 0.29) is 0 Å². The van der Waals surface area contributed by atoms with Crippen molar-refractivity contribution in [2.75, 3.05) is 13.6 Å². The Hall–Kier alpha value is -0.570. The summed E-state index contributed by atoms with van der Waals surface area (Å²) in [5.74, 6) is 0.738. The molecular weight excluding hydrogens is 268 g/mol. The number of rotatable bonds is 4. The highest BCUT2D eigenvalue weighted by Gasteiger charge is 2.41. The zero-order valence-corrected chi connectivity index (χ0v) is 13.2. The third kappa shape index (κ3) is 2.74. The lowest BCUT2D eigenvalue weighted by Gasteiger charge is -2.40. The molecule has 2 saturated heterocycles. The Morgan fingerprint density at radius 2 is 2.00 bits per heavy atom. The van der Waals surface area contributed by atoms with Crippen LogP contribution < -0.4 is 5.32 Å². The van der Waals surface area contributed by atoms with Crippen molar-refractivity contribution in [2.45, 2.75) is 50.7 Å². The van der Waals surface area contributed by atoms with Crippen LogP contribution in [-0.2, 0) is 0 Å². The maximum absolute atomic E-state index is 6.18. The quantitative estimate of drug-likeness (QED) is 0.906. The van der Waals surface area contributed by atoms with Crippen LogP contribution in [0.5, 0.6) is 0 Å². The van der Waals surface area contributed by atoms with E-state index in [0.717, 1.165) is 29.6 Å². The number of fused-ring (bicyclic) bond motifs is 2. The Bertz CT molecular complexity index is 448. The molecule has 0 aromatic heterocycles. The minimum Gasteiger partial charge on any atom is -0.310 e. The highest BCUT2D eigenvalue weighted by atomic mass is 35.5. The van der Waals surface area contributed by atoms with Crippen LogP contribution in [0.1, 0.15) is 44.2 Å². The van der Waals surface area contributed by atoms with Gasteiger partial charge >= 0.3 is 0 Å². The van der Waals surface area contributed by atoms with Gasteiger partial charge in [-0.05, 0) is 62.9 Å². The molecule has 1 aromatic carbocycles. The van der Waals surface area contributed by atoms with Gasteiger partial charge in [-0.15, -0.1) is 0 Å². The molecule has 0 spiro atoms. The molecule has 3 unspecified atom stereocenters. The first-order valence-electron chi connectivity index (χ1n) is 7.89. The molecule has 2 heterocycles. The summed E-state index contributed by atoms with van der Waals surface area (Å²) in [5.41, 5.74) is 1.35. The van der Waals surface area contributed by atoms with E-state index in [0.29, 0.717) is 6.04 Å². The van der Waals surface area contributed by atoms with E-state index < -0.39 is 0 Å². The summed E-state index contributed by atoms with van der Waals surface area (Å²) >= 11 is 6.18. The van der Waals surface area contributed by atoms with Crippen LogP contribution in [0.25, 0.3) is 0 Å². The van der Waals surface area contributed by atoms with E-state index in [4.69, 9.17) is 11.6 Å². The first-order valence-corrected chi connectivity index (χ1v) is 8.27. The van der Waals surface area contributed by atoms with E-state index in [9.17, 15) is 0 Å². The molecule has 2 aliphatic heterocycles. The van der Waals surface area contributed by atoms with Gasteiger partial charge in [-0.1, -0.05) is 30.7 Å². The van der Waals surface area contributed by atoms with Gasteiger partial charge in [0.05, 0.1) is 0 Å². The molecule has 2 fully saturated rings. The monoisotopic (exact) mass is 292 g/mol. The van der Waals surface area contributed by atoms with Crippen molar-refractivity contribution in [3.05, 3.63) is 34.9 Å². The summed E-state index contributed by atoms with van der Waals surface area (Å²) in [4.78, 5) is 2.61. The Morgan fingerprint density at radius 1 is 1.30 bits per heavy atom. The molecule has 20 heavy (non-hydrogen) atoms. The SMILES string of the molecule is CCNC(c1cccc(Cl)c1)C1CC2CCC(C1)N2C. The van der Waals surface area contributed by atoms with Gasteiger partial charge in [-0.3, -0.25) is 0 Å². The molecule has 3 heteroatoms. The number of nitrogens with zero attached hydrogens (tertiary/aromatic N) is 1. The summed E-state index contributed by atoms with van der Waals surface area (Å²) in [7, 11) is 2.31. The number of nitrogens with one attached hydrogen (secondary N) is 1. The third-order valence-corrected chi connectivity index (χ3v) is 5.47. The molecule has 3 rings (SSSR count). The van der Waals surface area contributed by atoms with Crippen molar-refractivity contribution in [1.29, 1.82) is 0 Å². The Labute approximate surface area is 127 Å². The predicted octanol–water partition coefficient (Wildman–Crippen LogP) is 3.86. The normalized spacial score (nSPS) is 31.4. The molecule has 0 amide bonds. The van der Waals surface area contributed by atoms with Crippen LogP contribution in [0.4, 0.5) is 0 Å². The molecule has 3 atom stereocenters. The summed E-state index contributed by atoms with van der Waals surface area (Å²) in [6.07, 6.45) is 5.40. The van der Waals surface area contributed by atoms with Gasteiger partial charge in [-0.2, -0.15) is 0 Å². The third-order valence-electron chi connectivity index (χ3n) is 5.24. The fourth-order valence-corrected chi connectivity index (χ4v) is 4.40. The van der Waals surface area contributed by atoms with Crippen LogP contribution in [0.15, 0.2) is 24.3 Å². The molecule has 2 aliphatic rings. The van der Waals surface area contributed by atoms with Gasteiger partial charge in [0, 0.05) is 23.1 Å². The molecule has 0 saturated carbocycles. The zero-order valence-electron chi connectivity index (χ0n) is 12.5. The Kier molecular flexibility index (Phi) is 4.34. The Balaban J connectivity index is 1.81. The van der Waals surface area contributed by atoms with Gasteiger partial charge in [-0.25, -0.2) is 0 Å². The molecule has 1 aromatic rings. The topological polar surface area (TPSA) is 15.3 Å². The summed E-state index contributed by atoms with van der Waals surface area (Å²) < 4.78 is 0. The van der Waals surface area contributed by atoms with E-state index in [1.54, 1.807) is 0 Å². The molecule has 2 bridgehead atoms. The second-order valence-electron chi connectivity index (χ2n) is 6.37. The fourth-order valence-electron chi connectivity index (χ4n) is 4.20. The van der Waals surface area contributed by atoms with Crippen molar-refractivity contribution in [3.63, 3.8) is 0 Å². The minimum atomic E-state index is 0.454. The molecular formula is C17H25ClN2. The average Bonchev–Trinajstić information content (AvgIpc) is 2.66. The first kappa shape index (κ1) is 14.4. The van der Waals surface area contributed by atoms with E-state index in [1.165, 1.54) is 31.2 Å². The summed E-state index contributed by atoms with van der Waals surface area (Å²) in [6.45, 7) is 3.21. The largest absolute Gasteiger partial charge is 0.310 e. The lowest BCUT2D eigenvalue weighted by atomic mass is 9.82. The Morgan fingerprint density at radius 3 is 2.60 bits per heavy atom. The molecule has 0 aliphatic carbocycles. The van der Waals surface area contributed by atoms with Gasteiger partial charge in [0.2, 0.25) is 0 Å². The van der Waals surface area contributed by atoms with Gasteiger partial charge in [0.15, 0.2) is 0 Å². The molecule has 2 nitrogen and oxygen atoms in total. The number of hydrogen-bond donors (Lipinski definition) is 1. The highest BCUT2D eigenvalue weighted by molar-refractivity contribution is 6.30. The standard InChI is InChI=1S/C17H25ClN2/c1-3-19-17(12-5-4-6-14(18)9-12)13-10-15-7-8-16(11-13)20(15)2/h4-6,9,13,15-17,19H,3,7-8,10-11H2,1-2H3. The predicted molar refractivity (Wildman–Crippen MR) is 85.2 cm³/mol. The van der Waals surface area contributed by atoms with Crippen LogP contribution in [0.3, 0.4) is 0 Å². The number of benzene rings is 1. The van der Waals surface area contributed by atoms with Gasteiger partial charge < -0.3 is 10.2 Å². The van der Waals surface area contributed by atoms with Crippen molar-refractivity contribution in [3.8, 4) is 0 Å². The van der Waals surface area contributed by atoms with Crippen LogP contribution in [0, 0.1) is 5.92 Å². The van der Waals surface area contributed by atoms with Crippen molar-refractivity contribution >= 4 is 11.6 Å². The van der Waals surface area contributed by atoms with E-state index >= 15 is 0 Å². The average molecular weight is 293 g/mol. The van der Waals surface area contributed by atoms with Gasteiger partial charge in [0.1, 0.15) is 0 Å². The second kappa shape index (κ2) is 6.05.